The molecule has 0 saturated carbocycles. The maximum Gasteiger partial charge on any atom is 0.243 e. The second-order valence-electron chi connectivity index (χ2n) is 4.75. The van der Waals surface area contributed by atoms with Gasteiger partial charge in [0.25, 0.3) is 0 Å². The third-order valence-electron chi connectivity index (χ3n) is 2.92. The summed E-state index contributed by atoms with van der Waals surface area (Å²) in [6.45, 7) is 3.91. The number of hydrogen-bond donors (Lipinski definition) is 2. The zero-order valence-electron chi connectivity index (χ0n) is 12.3. The number of nitrogens with one attached hydrogen (secondary N) is 1. The molecule has 0 heterocycles. The molecule has 0 aliphatic heterocycles. The smallest absolute Gasteiger partial charge is 0.243 e. The van der Waals surface area contributed by atoms with Gasteiger partial charge >= 0.3 is 0 Å². The van der Waals surface area contributed by atoms with Crippen molar-refractivity contribution in [3.05, 3.63) is 22.2 Å². The van der Waals surface area contributed by atoms with E-state index in [1.165, 1.54) is 13.1 Å². The predicted octanol–water partition coefficient (Wildman–Crippen LogP) is 1.49. The van der Waals surface area contributed by atoms with Crippen LogP contribution in [0, 0.1) is 6.92 Å². The second kappa shape index (κ2) is 7.24. The molecule has 21 heavy (non-hydrogen) atoms. The average Bonchev–Trinajstić information content (AvgIpc) is 2.40. The largest absolute Gasteiger partial charge is 0.398 e. The molecule has 1 aromatic rings. The average molecular weight is 378 g/mol. The minimum atomic E-state index is -3.76. The van der Waals surface area contributed by atoms with Crippen molar-refractivity contribution in [2.45, 2.75) is 25.2 Å². The lowest BCUT2D eigenvalue weighted by atomic mass is 10.2. The van der Waals surface area contributed by atoms with Crippen molar-refractivity contribution in [2.75, 3.05) is 25.9 Å². The van der Waals surface area contributed by atoms with Crippen LogP contribution in [0.2, 0.25) is 0 Å². The second-order valence-corrected chi connectivity index (χ2v) is 7.62. The molecule has 0 saturated heterocycles. The van der Waals surface area contributed by atoms with E-state index in [1.807, 2.05) is 6.92 Å². The van der Waals surface area contributed by atoms with Crippen LogP contribution in [0.3, 0.4) is 0 Å². The molecule has 0 bridgehead atoms. The Morgan fingerprint density at radius 1 is 1.43 bits per heavy atom. The monoisotopic (exact) mass is 377 g/mol. The highest BCUT2D eigenvalue weighted by Crippen LogP contribution is 2.28. The number of nitrogen functional groups attached to an aromatic ring is 1. The Labute approximate surface area is 133 Å². The van der Waals surface area contributed by atoms with Crippen molar-refractivity contribution in [1.82, 2.24) is 9.62 Å². The van der Waals surface area contributed by atoms with Crippen molar-refractivity contribution >= 4 is 37.5 Å². The van der Waals surface area contributed by atoms with Gasteiger partial charge in [0.15, 0.2) is 0 Å². The number of hydrogen-bond acceptors (Lipinski definition) is 4. The fourth-order valence-electron chi connectivity index (χ4n) is 1.72. The quantitative estimate of drug-likeness (QED) is 0.734. The molecule has 1 amide bonds. The van der Waals surface area contributed by atoms with E-state index in [2.05, 4.69) is 21.2 Å². The van der Waals surface area contributed by atoms with Gasteiger partial charge in [0.2, 0.25) is 15.9 Å². The van der Waals surface area contributed by atoms with E-state index in [0.29, 0.717) is 22.3 Å². The molecular formula is C13H20BrN3O3S. The van der Waals surface area contributed by atoms with Crippen LogP contribution in [0.25, 0.3) is 0 Å². The van der Waals surface area contributed by atoms with Crippen molar-refractivity contribution in [3.63, 3.8) is 0 Å². The summed E-state index contributed by atoms with van der Waals surface area (Å²) in [5.74, 6) is -0.328. The Morgan fingerprint density at radius 3 is 2.62 bits per heavy atom. The number of carbonyl (C=O) groups is 1. The van der Waals surface area contributed by atoms with Crippen LogP contribution >= 0.6 is 15.9 Å². The van der Waals surface area contributed by atoms with E-state index in [4.69, 9.17) is 5.73 Å². The van der Waals surface area contributed by atoms with Crippen LogP contribution in [-0.2, 0) is 14.8 Å². The van der Waals surface area contributed by atoms with Gasteiger partial charge in [0, 0.05) is 23.8 Å². The predicted molar refractivity (Wildman–Crippen MR) is 86.4 cm³/mol. The number of benzene rings is 1. The standard InChI is InChI=1S/C13H20BrN3O3S/c1-4-5-16-13(18)8-17(3)21(19,20)12-7-11(15)10(14)6-9(12)2/h6-7H,4-5,8,15H2,1-3H3,(H,16,18). The van der Waals surface area contributed by atoms with Crippen LogP contribution in [0.1, 0.15) is 18.9 Å². The van der Waals surface area contributed by atoms with E-state index in [1.54, 1.807) is 13.0 Å². The van der Waals surface area contributed by atoms with Gasteiger partial charge in [-0.05, 0) is 47.0 Å². The Bertz CT molecular complexity index is 632. The number of aryl methyl sites for hydroxylation is 1. The molecule has 0 unspecified atom stereocenters. The topological polar surface area (TPSA) is 92.5 Å². The number of nitrogens with zero attached hydrogens (tertiary/aromatic N) is 1. The molecule has 1 aromatic carbocycles. The normalized spacial score (nSPS) is 11.7. The molecule has 0 radical (unpaired) electrons. The summed E-state index contributed by atoms with van der Waals surface area (Å²) >= 11 is 3.26. The number of carbonyl (C=O) groups excluding carboxylic acids is 1. The lowest BCUT2D eigenvalue weighted by Gasteiger charge is -2.18. The summed E-state index contributed by atoms with van der Waals surface area (Å²) in [4.78, 5) is 11.8. The molecule has 118 valence electrons. The minimum Gasteiger partial charge on any atom is -0.398 e. The number of rotatable bonds is 6. The molecule has 6 nitrogen and oxygen atoms in total. The zero-order chi connectivity index (χ0) is 16.2. The Kier molecular flexibility index (Phi) is 6.18. The van der Waals surface area contributed by atoms with Gasteiger partial charge in [-0.2, -0.15) is 4.31 Å². The zero-order valence-corrected chi connectivity index (χ0v) is 14.7. The summed E-state index contributed by atoms with van der Waals surface area (Å²) in [7, 11) is -2.38. The van der Waals surface area contributed by atoms with Crippen LogP contribution in [0.4, 0.5) is 5.69 Å². The van der Waals surface area contributed by atoms with Crippen molar-refractivity contribution in [3.8, 4) is 0 Å². The van der Waals surface area contributed by atoms with Crippen LogP contribution in [-0.4, -0.2) is 38.8 Å². The number of likely N-dealkylation sites (N-methyl/N-ethyl adjacent to an activating group) is 1. The van der Waals surface area contributed by atoms with E-state index >= 15 is 0 Å². The van der Waals surface area contributed by atoms with Gasteiger partial charge in [-0.15, -0.1) is 0 Å². The van der Waals surface area contributed by atoms with Crippen LogP contribution in [0.5, 0.6) is 0 Å². The Hall–Kier alpha value is -1.12. The Balaban J connectivity index is 3.00. The SMILES string of the molecule is CCCNC(=O)CN(C)S(=O)(=O)c1cc(N)c(Br)cc1C. The number of sulfonamides is 1. The van der Waals surface area contributed by atoms with Crippen LogP contribution < -0.4 is 11.1 Å². The highest BCUT2D eigenvalue weighted by atomic mass is 79.9. The lowest BCUT2D eigenvalue weighted by Crippen LogP contribution is -2.38. The maximum atomic E-state index is 12.5. The molecule has 8 heteroatoms. The Morgan fingerprint density at radius 2 is 2.05 bits per heavy atom. The summed E-state index contributed by atoms with van der Waals surface area (Å²) in [5.41, 5.74) is 6.65. The van der Waals surface area contributed by atoms with Crippen molar-refractivity contribution in [1.29, 1.82) is 0 Å². The number of anilines is 1. The molecule has 0 aliphatic carbocycles. The fraction of sp³-hybridized carbons (Fsp3) is 0.462. The summed E-state index contributed by atoms with van der Waals surface area (Å²) in [6.07, 6.45) is 0.796. The van der Waals surface area contributed by atoms with E-state index in [9.17, 15) is 13.2 Å². The van der Waals surface area contributed by atoms with Crippen molar-refractivity contribution in [2.24, 2.45) is 0 Å². The molecule has 0 fully saturated rings. The van der Waals surface area contributed by atoms with Gasteiger partial charge in [-0.3, -0.25) is 4.79 Å². The number of amides is 1. The van der Waals surface area contributed by atoms with Gasteiger partial charge in [0.1, 0.15) is 0 Å². The molecule has 0 aliphatic rings. The summed E-state index contributed by atoms with van der Waals surface area (Å²) < 4.78 is 26.7. The molecule has 0 atom stereocenters. The van der Waals surface area contributed by atoms with E-state index in [0.717, 1.165) is 10.7 Å². The molecule has 0 spiro atoms. The van der Waals surface area contributed by atoms with E-state index in [-0.39, 0.29) is 17.3 Å². The first-order valence-electron chi connectivity index (χ1n) is 6.48. The van der Waals surface area contributed by atoms with Crippen molar-refractivity contribution < 1.29 is 13.2 Å². The van der Waals surface area contributed by atoms with Crippen LogP contribution in [0.15, 0.2) is 21.5 Å². The molecular weight excluding hydrogens is 358 g/mol. The van der Waals surface area contributed by atoms with Gasteiger partial charge in [-0.1, -0.05) is 6.92 Å². The molecule has 3 N–H and O–H groups in total. The number of halogens is 1. The van der Waals surface area contributed by atoms with Gasteiger partial charge in [0.05, 0.1) is 11.4 Å². The first kappa shape index (κ1) is 17.9. The summed E-state index contributed by atoms with van der Waals surface area (Å²) in [5, 5.41) is 2.64. The lowest BCUT2D eigenvalue weighted by molar-refractivity contribution is -0.121. The first-order valence-corrected chi connectivity index (χ1v) is 8.72. The fourth-order valence-corrected chi connectivity index (χ4v) is 3.54. The minimum absolute atomic E-state index is 0.106. The highest BCUT2D eigenvalue weighted by molar-refractivity contribution is 9.10. The summed E-state index contributed by atoms with van der Waals surface area (Å²) in [6, 6.07) is 3.04. The molecule has 1 rings (SSSR count). The third kappa shape index (κ3) is 4.42. The molecule has 0 aromatic heterocycles. The van der Waals surface area contributed by atoms with Gasteiger partial charge in [-0.25, -0.2) is 8.42 Å². The van der Waals surface area contributed by atoms with E-state index < -0.39 is 10.0 Å². The number of nitrogens with two attached hydrogens (primary N) is 1. The van der Waals surface area contributed by atoms with Gasteiger partial charge < -0.3 is 11.1 Å². The highest BCUT2D eigenvalue weighted by Gasteiger charge is 2.25. The maximum absolute atomic E-state index is 12.5. The third-order valence-corrected chi connectivity index (χ3v) is 5.55. The first-order chi connectivity index (χ1) is 9.70.